The molecule has 0 heterocycles. The SMILES string of the molecule is CC1=C(C)[CH]([Zr]([CH]2C=C(c3cc(-c4ccccc4)cc(-c4ccccc4)c3)c3ccccc32)=[Si](C)C)C(C)=C1C. The summed E-state index contributed by atoms with van der Waals surface area (Å²) in [6, 6.07) is 38.3. The van der Waals surface area contributed by atoms with Crippen LogP contribution in [-0.2, 0) is 20.4 Å². The number of hydrogen-bond acceptors (Lipinski definition) is 0. The fourth-order valence-corrected chi connectivity index (χ4v) is 27.4. The maximum atomic E-state index is 2.72. The van der Waals surface area contributed by atoms with Gasteiger partial charge in [0.15, 0.2) is 0 Å². The Morgan fingerprint density at radius 1 is 0.550 bits per heavy atom. The van der Waals surface area contributed by atoms with E-state index in [9.17, 15) is 0 Å². The fourth-order valence-electron chi connectivity index (χ4n) is 6.84. The van der Waals surface area contributed by atoms with E-state index < -0.39 is 25.8 Å². The molecular weight excluding hydrogens is 576 g/mol. The number of allylic oxidation sites excluding steroid dienone is 5. The van der Waals surface area contributed by atoms with Crippen LogP contribution in [0.5, 0.6) is 0 Å². The van der Waals surface area contributed by atoms with Crippen LogP contribution in [0.3, 0.4) is 0 Å². The number of rotatable bonds is 5. The molecule has 198 valence electrons. The van der Waals surface area contributed by atoms with Crippen molar-refractivity contribution in [2.24, 2.45) is 0 Å². The molecule has 0 fully saturated rings. The predicted molar refractivity (Wildman–Crippen MR) is 172 cm³/mol. The second-order valence-electron chi connectivity index (χ2n) is 11.7. The summed E-state index contributed by atoms with van der Waals surface area (Å²) in [4.78, 5) is 0. The van der Waals surface area contributed by atoms with Gasteiger partial charge in [-0.2, -0.15) is 0 Å². The molecule has 0 radical (unpaired) electrons. The van der Waals surface area contributed by atoms with E-state index in [0.29, 0.717) is 3.63 Å². The van der Waals surface area contributed by atoms with Crippen LogP contribution in [0, 0.1) is 0 Å². The topological polar surface area (TPSA) is 0 Å². The van der Waals surface area contributed by atoms with Crippen LogP contribution in [0.1, 0.15) is 48.0 Å². The molecule has 0 nitrogen and oxygen atoms in total. The van der Waals surface area contributed by atoms with Gasteiger partial charge in [0, 0.05) is 0 Å². The van der Waals surface area contributed by atoms with Crippen molar-refractivity contribution in [3.05, 3.63) is 148 Å². The van der Waals surface area contributed by atoms with E-state index in [2.05, 4.69) is 150 Å². The van der Waals surface area contributed by atoms with Gasteiger partial charge in [0.05, 0.1) is 0 Å². The normalized spacial score (nSPS) is 16.9. The first-order valence-electron chi connectivity index (χ1n) is 14.4. The molecule has 40 heavy (non-hydrogen) atoms. The Kier molecular flexibility index (Phi) is 7.68. The molecule has 6 rings (SSSR count). The van der Waals surface area contributed by atoms with Gasteiger partial charge in [-0.1, -0.05) is 0 Å². The van der Waals surface area contributed by atoms with Crippen LogP contribution in [0.2, 0.25) is 16.7 Å². The molecule has 0 amide bonds. The summed E-state index contributed by atoms with van der Waals surface area (Å²) >= 11 is -2.01. The van der Waals surface area contributed by atoms with Crippen molar-refractivity contribution in [3.63, 3.8) is 0 Å². The van der Waals surface area contributed by atoms with Crippen LogP contribution < -0.4 is 0 Å². The van der Waals surface area contributed by atoms with E-state index in [1.165, 1.54) is 39.0 Å². The first-order valence-corrected chi connectivity index (χ1v) is 23.5. The monoisotopic (exact) mass is 612 g/mol. The summed E-state index contributed by atoms with van der Waals surface area (Å²) in [6.45, 7) is 14.8. The maximum absolute atomic E-state index is 2.72. The fraction of sp³-hybridized carbons (Fsp3) is 0.211. The zero-order valence-corrected chi connectivity index (χ0v) is 28.0. The third kappa shape index (κ3) is 4.84. The van der Waals surface area contributed by atoms with E-state index >= 15 is 0 Å². The van der Waals surface area contributed by atoms with Crippen molar-refractivity contribution in [1.29, 1.82) is 0 Å². The van der Waals surface area contributed by atoms with Crippen molar-refractivity contribution in [2.75, 3.05) is 0 Å². The van der Waals surface area contributed by atoms with Crippen molar-refractivity contribution in [1.82, 2.24) is 0 Å². The number of fused-ring (bicyclic) bond motifs is 1. The molecule has 0 N–H and O–H groups in total. The van der Waals surface area contributed by atoms with Gasteiger partial charge in [-0.25, -0.2) is 0 Å². The molecule has 0 aliphatic heterocycles. The molecule has 2 heteroatoms. The molecule has 2 aliphatic rings. The third-order valence-corrected chi connectivity index (χ3v) is 28.9. The van der Waals surface area contributed by atoms with Gasteiger partial charge in [-0.05, 0) is 0 Å². The van der Waals surface area contributed by atoms with E-state index in [1.54, 1.807) is 27.9 Å². The molecule has 0 bridgehead atoms. The quantitative estimate of drug-likeness (QED) is 0.196. The molecule has 0 saturated heterocycles. The Bertz CT molecular complexity index is 1650. The van der Waals surface area contributed by atoms with Crippen LogP contribution in [0.15, 0.2) is 131 Å². The average molecular weight is 614 g/mol. The standard InChI is InChI=1S/C27H19.C9H13.C2H6Si.Zr/c1-3-9-20(10-4-1)23-17-24(21-11-5-2-6-12-21)19-25(18-23)27-16-15-22-13-7-8-14-26(22)27;1-6-5-7(2)9(4)8(6)3;1-3-2;/h1-19H;5H,1-4H3;1-2H3;. The second kappa shape index (κ2) is 11.2. The zero-order valence-electron chi connectivity index (χ0n) is 24.5. The molecule has 0 aromatic heterocycles. The van der Waals surface area contributed by atoms with Gasteiger partial charge in [-0.15, -0.1) is 0 Å². The summed E-state index contributed by atoms with van der Waals surface area (Å²) in [5.74, 6) is 0. The Balaban J connectivity index is 1.55. The van der Waals surface area contributed by atoms with Crippen molar-refractivity contribution in [3.8, 4) is 22.3 Å². The molecule has 0 spiro atoms. The summed E-state index contributed by atoms with van der Waals surface area (Å²) in [5, 5.41) is 0. The summed E-state index contributed by atoms with van der Waals surface area (Å²) in [5.41, 5.74) is 17.0. The Labute approximate surface area is 248 Å². The summed E-state index contributed by atoms with van der Waals surface area (Å²) < 4.78 is 1.35. The van der Waals surface area contributed by atoms with E-state index in [1.807, 2.05) is 0 Å². The van der Waals surface area contributed by atoms with Crippen LogP contribution in [-0.4, -0.2) is 5.43 Å². The van der Waals surface area contributed by atoms with Gasteiger partial charge in [0.1, 0.15) is 0 Å². The van der Waals surface area contributed by atoms with Crippen molar-refractivity contribution < 1.29 is 20.4 Å². The molecule has 2 aliphatic carbocycles. The minimum absolute atomic E-state index is 0.414. The third-order valence-electron chi connectivity index (χ3n) is 9.21. The number of benzene rings is 4. The molecule has 1 atom stereocenters. The van der Waals surface area contributed by atoms with Gasteiger partial charge in [0.25, 0.3) is 0 Å². The Morgan fingerprint density at radius 2 is 1.02 bits per heavy atom. The van der Waals surface area contributed by atoms with E-state index in [4.69, 9.17) is 0 Å². The van der Waals surface area contributed by atoms with Crippen molar-refractivity contribution >= 4 is 11.0 Å². The van der Waals surface area contributed by atoms with Gasteiger partial charge in [-0.3, -0.25) is 0 Å². The van der Waals surface area contributed by atoms with Gasteiger partial charge in [0.2, 0.25) is 0 Å². The molecular formula is C38H38SiZr. The summed E-state index contributed by atoms with van der Waals surface area (Å²) in [6.07, 6.45) is 2.72. The molecule has 4 aromatic carbocycles. The molecule has 4 aromatic rings. The zero-order chi connectivity index (χ0) is 28.0. The molecule has 1 unspecified atom stereocenters. The predicted octanol–water partition coefficient (Wildman–Crippen LogP) is 10.9. The van der Waals surface area contributed by atoms with E-state index in [-0.39, 0.29) is 0 Å². The van der Waals surface area contributed by atoms with Crippen LogP contribution in [0.25, 0.3) is 27.8 Å². The molecule has 0 saturated carbocycles. The van der Waals surface area contributed by atoms with Crippen molar-refractivity contribution in [2.45, 2.75) is 48.0 Å². The Hall–Kier alpha value is -2.80. The average Bonchev–Trinajstić information content (AvgIpc) is 3.45. The van der Waals surface area contributed by atoms with Crippen LogP contribution >= 0.6 is 0 Å². The van der Waals surface area contributed by atoms with E-state index in [0.717, 1.165) is 3.63 Å². The van der Waals surface area contributed by atoms with Gasteiger partial charge >= 0.3 is 250 Å². The second-order valence-corrected chi connectivity index (χ2v) is 29.7. The summed E-state index contributed by atoms with van der Waals surface area (Å²) in [7, 11) is 0. The first-order chi connectivity index (χ1) is 19.3. The van der Waals surface area contributed by atoms with Crippen LogP contribution in [0.4, 0.5) is 0 Å². The van der Waals surface area contributed by atoms with Gasteiger partial charge < -0.3 is 0 Å². The first kappa shape index (κ1) is 27.4. The Morgan fingerprint density at radius 3 is 1.55 bits per heavy atom. The minimum atomic E-state index is -2.01. The number of hydrogen-bond donors (Lipinski definition) is 0.